The minimum atomic E-state index is -4.05. The third-order valence-electron chi connectivity index (χ3n) is 5.70. The van der Waals surface area contributed by atoms with Gasteiger partial charge in [0.25, 0.3) is 0 Å². The van der Waals surface area contributed by atoms with Gasteiger partial charge in [-0.2, -0.15) is 0 Å². The summed E-state index contributed by atoms with van der Waals surface area (Å²) in [6, 6.07) is 7.59. The smallest absolute Gasteiger partial charge is 0.244 e. The molecule has 0 heterocycles. The molecule has 1 aliphatic carbocycles. The lowest BCUT2D eigenvalue weighted by Crippen LogP contribution is -2.53. The van der Waals surface area contributed by atoms with Crippen LogP contribution in [0, 0.1) is 0 Å². The number of sulfonamides is 2. The first-order chi connectivity index (χ1) is 16.1. The molecule has 0 unspecified atom stereocenters. The van der Waals surface area contributed by atoms with Crippen molar-refractivity contribution in [2.75, 3.05) is 28.4 Å². The molecule has 2 aromatic carbocycles. The fraction of sp³-hybridized carbons (Fsp3) is 0.455. The Labute approximate surface area is 200 Å². The van der Waals surface area contributed by atoms with Crippen molar-refractivity contribution in [2.45, 2.75) is 47.6 Å². The summed E-state index contributed by atoms with van der Waals surface area (Å²) in [5.74, 6) is 1.02. The van der Waals surface area contributed by atoms with Crippen molar-refractivity contribution in [3.8, 4) is 23.0 Å². The molecule has 188 valence electrons. The number of benzene rings is 2. The maximum Gasteiger partial charge on any atom is 0.244 e. The minimum absolute atomic E-state index is 0.0870. The fourth-order valence-corrected chi connectivity index (χ4v) is 6.92. The van der Waals surface area contributed by atoms with Gasteiger partial charge < -0.3 is 18.9 Å². The molecule has 2 aromatic rings. The molecule has 0 amide bonds. The standard InChI is InChI=1S/C22H30N2O8S2/c1-29-15-9-11-19(31-3)21(13-15)33(25,26)23-17-7-5-6-8-18(17)24-34(27,28)22-14-16(30-2)10-12-20(22)32-4/h9-14,17-18,23-24H,5-8H2,1-4H3/t17-,18-/m0/s1. The lowest BCUT2D eigenvalue weighted by Gasteiger charge is -2.32. The van der Waals surface area contributed by atoms with E-state index in [1.54, 1.807) is 12.1 Å². The average molecular weight is 515 g/mol. The molecule has 0 saturated heterocycles. The first-order valence-electron chi connectivity index (χ1n) is 10.6. The van der Waals surface area contributed by atoms with Gasteiger partial charge in [0.2, 0.25) is 20.0 Å². The monoisotopic (exact) mass is 514 g/mol. The summed E-state index contributed by atoms with van der Waals surface area (Å²) in [5.41, 5.74) is 0. The van der Waals surface area contributed by atoms with Crippen LogP contribution in [0.25, 0.3) is 0 Å². The van der Waals surface area contributed by atoms with Gasteiger partial charge in [-0.05, 0) is 37.1 Å². The van der Waals surface area contributed by atoms with Crippen LogP contribution in [-0.2, 0) is 20.0 Å². The zero-order valence-electron chi connectivity index (χ0n) is 19.5. The van der Waals surface area contributed by atoms with Gasteiger partial charge in [0.1, 0.15) is 32.8 Å². The number of nitrogens with one attached hydrogen (secondary N) is 2. The van der Waals surface area contributed by atoms with Crippen LogP contribution in [0.2, 0.25) is 0 Å². The quantitative estimate of drug-likeness (QED) is 0.494. The molecule has 0 aliphatic heterocycles. The number of ether oxygens (including phenoxy) is 4. The van der Waals surface area contributed by atoms with Gasteiger partial charge in [-0.1, -0.05) is 12.8 Å². The first-order valence-corrected chi connectivity index (χ1v) is 13.6. The highest BCUT2D eigenvalue weighted by Crippen LogP contribution is 2.31. The van der Waals surface area contributed by atoms with Crippen LogP contribution in [0.15, 0.2) is 46.2 Å². The molecule has 1 fully saturated rings. The summed E-state index contributed by atoms with van der Waals surface area (Å²) in [5, 5.41) is 0. The molecule has 0 bridgehead atoms. The Morgan fingerprint density at radius 2 is 1.03 bits per heavy atom. The zero-order chi connectivity index (χ0) is 24.9. The van der Waals surface area contributed by atoms with Gasteiger partial charge in [0.15, 0.2) is 0 Å². The van der Waals surface area contributed by atoms with E-state index in [-0.39, 0.29) is 21.3 Å². The Bertz CT molecular complexity index is 1120. The molecule has 0 radical (unpaired) electrons. The molecular formula is C22H30N2O8S2. The van der Waals surface area contributed by atoms with E-state index in [2.05, 4.69) is 9.44 Å². The van der Waals surface area contributed by atoms with Crippen molar-refractivity contribution < 1.29 is 35.8 Å². The van der Waals surface area contributed by atoms with E-state index in [0.29, 0.717) is 24.3 Å². The van der Waals surface area contributed by atoms with Crippen LogP contribution >= 0.6 is 0 Å². The van der Waals surface area contributed by atoms with E-state index in [4.69, 9.17) is 18.9 Å². The van der Waals surface area contributed by atoms with Gasteiger partial charge in [0.05, 0.1) is 28.4 Å². The van der Waals surface area contributed by atoms with Crippen LogP contribution in [0.4, 0.5) is 0 Å². The van der Waals surface area contributed by atoms with Crippen LogP contribution < -0.4 is 28.4 Å². The predicted molar refractivity (Wildman–Crippen MR) is 126 cm³/mol. The van der Waals surface area contributed by atoms with Gasteiger partial charge >= 0.3 is 0 Å². The Morgan fingerprint density at radius 3 is 1.35 bits per heavy atom. The molecular weight excluding hydrogens is 484 g/mol. The fourth-order valence-electron chi connectivity index (χ4n) is 3.93. The SMILES string of the molecule is COc1ccc(OC)c(S(=O)(=O)N[C@H]2CCCC[C@@H]2NS(=O)(=O)c2cc(OC)ccc2OC)c1. The summed E-state index contributed by atoms with van der Waals surface area (Å²) in [6.07, 6.45) is 2.44. The number of rotatable bonds is 10. The third kappa shape index (κ3) is 5.74. The largest absolute Gasteiger partial charge is 0.497 e. The van der Waals surface area contributed by atoms with Crippen LogP contribution in [-0.4, -0.2) is 57.4 Å². The molecule has 34 heavy (non-hydrogen) atoms. The molecule has 1 saturated carbocycles. The van der Waals surface area contributed by atoms with E-state index in [1.165, 1.54) is 52.7 Å². The molecule has 2 atom stereocenters. The Hall–Kier alpha value is -2.54. The Balaban J connectivity index is 1.90. The van der Waals surface area contributed by atoms with Crippen LogP contribution in [0.3, 0.4) is 0 Å². The van der Waals surface area contributed by atoms with Crippen molar-refractivity contribution in [2.24, 2.45) is 0 Å². The second-order valence-electron chi connectivity index (χ2n) is 7.77. The van der Waals surface area contributed by atoms with Gasteiger partial charge in [-0.3, -0.25) is 0 Å². The number of hydrogen-bond acceptors (Lipinski definition) is 8. The van der Waals surface area contributed by atoms with Crippen molar-refractivity contribution in [3.05, 3.63) is 36.4 Å². The second-order valence-corrected chi connectivity index (χ2v) is 11.1. The second kappa shape index (κ2) is 10.8. The zero-order valence-corrected chi connectivity index (χ0v) is 21.2. The van der Waals surface area contributed by atoms with E-state index in [1.807, 2.05) is 0 Å². The highest BCUT2D eigenvalue weighted by Gasteiger charge is 2.34. The van der Waals surface area contributed by atoms with Crippen LogP contribution in [0.5, 0.6) is 23.0 Å². The average Bonchev–Trinajstić information content (AvgIpc) is 2.84. The predicted octanol–water partition coefficient (Wildman–Crippen LogP) is 2.29. The summed E-state index contributed by atoms with van der Waals surface area (Å²) in [7, 11) is -2.47. The lowest BCUT2D eigenvalue weighted by atomic mass is 9.92. The van der Waals surface area contributed by atoms with E-state index < -0.39 is 32.1 Å². The van der Waals surface area contributed by atoms with E-state index in [9.17, 15) is 16.8 Å². The van der Waals surface area contributed by atoms with E-state index >= 15 is 0 Å². The highest BCUT2D eigenvalue weighted by atomic mass is 32.2. The molecule has 1 aliphatic rings. The Kier molecular flexibility index (Phi) is 8.29. The minimum Gasteiger partial charge on any atom is -0.497 e. The van der Waals surface area contributed by atoms with Crippen molar-refractivity contribution in [3.63, 3.8) is 0 Å². The number of hydrogen-bond donors (Lipinski definition) is 2. The molecule has 0 spiro atoms. The molecule has 2 N–H and O–H groups in total. The summed E-state index contributed by atoms with van der Waals surface area (Å²) in [6.45, 7) is 0. The van der Waals surface area contributed by atoms with Crippen molar-refractivity contribution in [1.82, 2.24) is 9.44 Å². The van der Waals surface area contributed by atoms with Gasteiger partial charge in [0, 0.05) is 24.2 Å². The summed E-state index contributed by atoms with van der Waals surface area (Å²) in [4.78, 5) is -0.174. The molecule has 12 heteroatoms. The summed E-state index contributed by atoms with van der Waals surface area (Å²) >= 11 is 0. The van der Waals surface area contributed by atoms with Gasteiger partial charge in [-0.25, -0.2) is 26.3 Å². The van der Waals surface area contributed by atoms with Crippen LogP contribution in [0.1, 0.15) is 25.7 Å². The maximum absolute atomic E-state index is 13.3. The molecule has 3 rings (SSSR count). The third-order valence-corrected chi connectivity index (χ3v) is 8.72. The normalized spacial score (nSPS) is 18.8. The van der Waals surface area contributed by atoms with Crippen molar-refractivity contribution >= 4 is 20.0 Å². The topological polar surface area (TPSA) is 129 Å². The maximum atomic E-state index is 13.3. The van der Waals surface area contributed by atoms with Gasteiger partial charge in [-0.15, -0.1) is 0 Å². The summed E-state index contributed by atoms with van der Waals surface area (Å²) < 4.78 is 79.1. The number of methoxy groups -OCH3 is 4. The molecule has 10 nitrogen and oxygen atoms in total. The highest BCUT2D eigenvalue weighted by molar-refractivity contribution is 7.90. The molecule has 0 aromatic heterocycles. The van der Waals surface area contributed by atoms with Crippen molar-refractivity contribution in [1.29, 1.82) is 0 Å². The Morgan fingerprint density at radius 1 is 0.647 bits per heavy atom. The van der Waals surface area contributed by atoms with E-state index in [0.717, 1.165) is 12.8 Å². The first kappa shape index (κ1) is 26.1. The lowest BCUT2D eigenvalue weighted by molar-refractivity contribution is 0.338.